The fourth-order valence-electron chi connectivity index (χ4n) is 2.90. The number of halogens is 1. The van der Waals surface area contributed by atoms with Gasteiger partial charge in [-0.3, -0.25) is 9.69 Å². The topological polar surface area (TPSA) is 37.3 Å². The number of amides is 1. The maximum absolute atomic E-state index is 12.0. The fraction of sp³-hybridized carbons (Fsp3) is 0.238. The van der Waals surface area contributed by atoms with Gasteiger partial charge in [0.1, 0.15) is 6.54 Å². The van der Waals surface area contributed by atoms with E-state index in [-0.39, 0.29) is 29.9 Å². The molecule has 136 valence electrons. The van der Waals surface area contributed by atoms with Crippen LogP contribution in [0.5, 0.6) is 0 Å². The molecule has 0 bridgehead atoms. The van der Waals surface area contributed by atoms with E-state index in [1.165, 1.54) is 11.1 Å². The lowest BCUT2D eigenvalue weighted by Gasteiger charge is -2.15. The van der Waals surface area contributed by atoms with Crippen molar-refractivity contribution < 1.29 is 37.8 Å². The van der Waals surface area contributed by atoms with E-state index in [9.17, 15) is 4.79 Å². The smallest absolute Gasteiger partial charge is 0.375 e. The summed E-state index contributed by atoms with van der Waals surface area (Å²) in [6, 6.07) is 13.8. The minimum absolute atomic E-state index is 0. The van der Waals surface area contributed by atoms with Gasteiger partial charge in [-0.2, -0.15) is 4.57 Å². The van der Waals surface area contributed by atoms with E-state index in [1.54, 1.807) is 18.0 Å². The summed E-state index contributed by atoms with van der Waals surface area (Å²) in [7, 11) is 0. The molecule has 4 nitrogen and oxygen atoms in total. The molecule has 2 aromatic carbocycles. The molecule has 0 aliphatic rings. The van der Waals surface area contributed by atoms with Gasteiger partial charge in [-0.05, 0) is 50.1 Å². The minimum Gasteiger partial charge on any atom is -1.00 e. The third-order valence-electron chi connectivity index (χ3n) is 4.40. The van der Waals surface area contributed by atoms with Crippen molar-refractivity contribution in [3.05, 3.63) is 65.7 Å². The average molecular weight is 462 g/mol. The van der Waals surface area contributed by atoms with Crippen LogP contribution in [-0.2, 0) is 11.3 Å². The number of nitrogens with zero attached hydrogens (tertiary/aromatic N) is 2. The Bertz CT molecular complexity index is 946. The Hall–Kier alpha value is -2.15. The molecular weight excluding hydrogens is 439 g/mol. The highest BCUT2D eigenvalue weighted by Gasteiger charge is 2.20. The summed E-state index contributed by atoms with van der Waals surface area (Å²) in [5.41, 5.74) is 5.20. The van der Waals surface area contributed by atoms with Crippen LogP contribution in [0.3, 0.4) is 0 Å². The van der Waals surface area contributed by atoms with Crippen molar-refractivity contribution in [3.63, 3.8) is 0 Å². The Morgan fingerprint density at radius 3 is 2.42 bits per heavy atom. The number of aromatic nitrogens is 1. The minimum atomic E-state index is -0.0479. The summed E-state index contributed by atoms with van der Waals surface area (Å²) in [5.74, 6) is 0.679. The number of hydrogen-bond donors (Lipinski definition) is 0. The summed E-state index contributed by atoms with van der Waals surface area (Å²) in [4.78, 5) is 13.6. The molecular formula is C21H23IN2O2. The lowest BCUT2D eigenvalue weighted by atomic mass is 10.1. The van der Waals surface area contributed by atoms with Gasteiger partial charge in [-0.1, -0.05) is 18.2 Å². The van der Waals surface area contributed by atoms with E-state index < -0.39 is 0 Å². The molecule has 0 N–H and O–H groups in total. The second-order valence-corrected chi connectivity index (χ2v) is 6.13. The van der Waals surface area contributed by atoms with Crippen LogP contribution >= 0.6 is 0 Å². The summed E-state index contributed by atoms with van der Waals surface area (Å²) >= 11 is 0. The predicted molar refractivity (Wildman–Crippen MR) is 100 cm³/mol. The second kappa shape index (κ2) is 8.49. The zero-order valence-electron chi connectivity index (χ0n) is 15.5. The van der Waals surface area contributed by atoms with E-state index >= 15 is 0 Å². The van der Waals surface area contributed by atoms with Gasteiger partial charge >= 0.3 is 5.89 Å². The highest BCUT2D eigenvalue weighted by Crippen LogP contribution is 2.21. The van der Waals surface area contributed by atoms with Crippen molar-refractivity contribution in [2.24, 2.45) is 0 Å². The van der Waals surface area contributed by atoms with Crippen molar-refractivity contribution in [2.75, 3.05) is 4.90 Å². The maximum atomic E-state index is 12.0. The zero-order chi connectivity index (χ0) is 18.0. The lowest BCUT2D eigenvalue weighted by Crippen LogP contribution is -3.00. The molecule has 0 saturated carbocycles. The van der Waals surface area contributed by atoms with Crippen LogP contribution in [0.4, 0.5) is 5.69 Å². The van der Waals surface area contributed by atoms with Crippen LogP contribution < -0.4 is 33.4 Å². The third-order valence-corrected chi connectivity index (χ3v) is 4.40. The normalized spacial score (nSPS) is 10.9. The highest BCUT2D eigenvalue weighted by molar-refractivity contribution is 5.94. The van der Waals surface area contributed by atoms with E-state index in [1.807, 2.05) is 36.4 Å². The Kier molecular flexibility index (Phi) is 6.58. The highest BCUT2D eigenvalue weighted by atomic mass is 127. The Labute approximate surface area is 171 Å². The number of benzene rings is 2. The molecule has 0 fully saturated rings. The molecule has 1 amide bonds. The molecule has 3 rings (SSSR count). The van der Waals surface area contributed by atoms with Crippen molar-refractivity contribution in [3.8, 4) is 0 Å². The fourth-order valence-corrected chi connectivity index (χ4v) is 2.90. The summed E-state index contributed by atoms with van der Waals surface area (Å²) in [6.45, 7) is 8.61. The van der Waals surface area contributed by atoms with Crippen LogP contribution in [0.15, 0.2) is 53.1 Å². The van der Waals surface area contributed by atoms with Gasteiger partial charge in [0.05, 0.1) is 6.08 Å². The molecule has 0 atom stereocenters. The van der Waals surface area contributed by atoms with Crippen molar-refractivity contribution in [1.82, 2.24) is 0 Å². The molecule has 1 heterocycles. The third kappa shape index (κ3) is 3.98. The number of aryl methyl sites for hydroxylation is 3. The Morgan fingerprint density at radius 1 is 1.15 bits per heavy atom. The molecule has 0 aliphatic carbocycles. The standard InChI is InChI=1S/C21H23N2O2.HI/c1-5-22-19-13-15(2)16(3)14-20(19)25-21(22)11-12-23(17(4)24)18-9-7-6-8-10-18;/h6-14H,5H2,1-4H3;1H/q+1;/p-1. The first-order chi connectivity index (χ1) is 12.0. The molecule has 0 saturated heterocycles. The number of para-hydroxylation sites is 1. The van der Waals surface area contributed by atoms with Gasteiger partial charge in [-0.15, -0.1) is 0 Å². The molecule has 5 heteroatoms. The van der Waals surface area contributed by atoms with Gasteiger partial charge < -0.3 is 28.4 Å². The average Bonchev–Trinajstić information content (AvgIpc) is 2.92. The molecule has 0 unspecified atom stereocenters. The van der Waals surface area contributed by atoms with Gasteiger partial charge in [0, 0.05) is 24.9 Å². The summed E-state index contributed by atoms with van der Waals surface area (Å²) < 4.78 is 8.14. The van der Waals surface area contributed by atoms with Crippen LogP contribution in [0, 0.1) is 13.8 Å². The van der Waals surface area contributed by atoms with Crippen molar-refractivity contribution in [2.45, 2.75) is 34.2 Å². The monoisotopic (exact) mass is 462 g/mol. The summed E-state index contributed by atoms with van der Waals surface area (Å²) in [5, 5.41) is 0. The number of carbonyl (C=O) groups excluding carboxylic acids is 1. The molecule has 0 spiro atoms. The van der Waals surface area contributed by atoms with Crippen LogP contribution in [0.2, 0.25) is 0 Å². The van der Waals surface area contributed by atoms with Crippen LogP contribution in [0.25, 0.3) is 17.2 Å². The van der Waals surface area contributed by atoms with E-state index in [2.05, 4.69) is 37.5 Å². The van der Waals surface area contributed by atoms with Crippen molar-refractivity contribution in [1.29, 1.82) is 0 Å². The number of anilines is 1. The number of carbonyl (C=O) groups is 1. The van der Waals surface area contributed by atoms with Gasteiger partial charge in [0.25, 0.3) is 5.52 Å². The van der Waals surface area contributed by atoms with Gasteiger partial charge in [0.15, 0.2) is 0 Å². The first-order valence-electron chi connectivity index (χ1n) is 8.48. The largest absolute Gasteiger partial charge is 1.00 e. The van der Waals surface area contributed by atoms with E-state index in [4.69, 9.17) is 4.42 Å². The number of oxazole rings is 1. The van der Waals surface area contributed by atoms with Crippen molar-refractivity contribution >= 4 is 28.8 Å². The first kappa shape index (κ1) is 20.2. The summed E-state index contributed by atoms with van der Waals surface area (Å²) in [6.07, 6.45) is 3.61. The van der Waals surface area contributed by atoms with Crippen LogP contribution in [-0.4, -0.2) is 5.91 Å². The quantitative estimate of drug-likeness (QED) is 0.434. The van der Waals surface area contributed by atoms with E-state index in [0.29, 0.717) is 0 Å². The lowest BCUT2D eigenvalue weighted by molar-refractivity contribution is -0.674. The number of rotatable bonds is 4. The van der Waals surface area contributed by atoms with Gasteiger partial charge in [-0.25, -0.2) is 0 Å². The first-order valence-corrected chi connectivity index (χ1v) is 8.48. The Morgan fingerprint density at radius 2 is 1.81 bits per heavy atom. The van der Waals surface area contributed by atoms with Gasteiger partial charge in [0.2, 0.25) is 11.5 Å². The Balaban J connectivity index is 0.00000243. The second-order valence-electron chi connectivity index (χ2n) is 6.13. The number of hydrogen-bond acceptors (Lipinski definition) is 2. The molecule has 0 aliphatic heterocycles. The molecule has 26 heavy (non-hydrogen) atoms. The molecule has 0 radical (unpaired) electrons. The maximum Gasteiger partial charge on any atom is 0.375 e. The molecule has 3 aromatic rings. The zero-order valence-corrected chi connectivity index (χ0v) is 17.6. The predicted octanol–water partition coefficient (Wildman–Crippen LogP) is 1.38. The SMILES string of the molecule is CC[n+]1c(C=CN(C(C)=O)c2ccccc2)oc2cc(C)c(C)cc21.[I-]. The molecule has 1 aromatic heterocycles. The number of fused-ring (bicyclic) bond motifs is 1. The van der Waals surface area contributed by atoms with Crippen LogP contribution in [0.1, 0.15) is 30.9 Å². The van der Waals surface area contributed by atoms with E-state index in [0.717, 1.165) is 29.2 Å².